The van der Waals surface area contributed by atoms with Gasteiger partial charge in [0.15, 0.2) is 0 Å². The molecule has 1 unspecified atom stereocenters. The van der Waals surface area contributed by atoms with E-state index in [1.807, 2.05) is 0 Å². The number of benzene rings is 1. The van der Waals surface area contributed by atoms with Gasteiger partial charge in [-0.3, -0.25) is 14.6 Å². The summed E-state index contributed by atoms with van der Waals surface area (Å²) in [4.78, 5) is 32.7. The molecule has 31 heavy (non-hydrogen) atoms. The van der Waals surface area contributed by atoms with Gasteiger partial charge in [0.1, 0.15) is 13.1 Å². The van der Waals surface area contributed by atoms with E-state index in [0.717, 1.165) is 39.3 Å². The number of aromatic nitrogens is 1. The Morgan fingerprint density at radius 1 is 1.19 bits per heavy atom. The van der Waals surface area contributed by atoms with Crippen LogP contribution in [0.3, 0.4) is 0 Å². The molecule has 162 valence electrons. The summed E-state index contributed by atoms with van der Waals surface area (Å²) < 4.78 is 5.39. The van der Waals surface area contributed by atoms with Crippen molar-refractivity contribution in [2.24, 2.45) is 0 Å². The third-order valence-corrected chi connectivity index (χ3v) is 6.00. The number of nitrogens with zero attached hydrogens (tertiary/aromatic N) is 2. The number of Topliss-reactive ketones (excluding diaryl/α,β-unsaturated/α-hetero) is 1. The highest BCUT2D eigenvalue weighted by Gasteiger charge is 2.44. The molecule has 4 rings (SSSR count). The smallest absolute Gasteiger partial charge is 0.295 e. The molecule has 2 fully saturated rings. The molecule has 3 heterocycles. The molecule has 1 atom stereocenters. The fourth-order valence-corrected chi connectivity index (χ4v) is 4.39. The number of amides is 1. The first kappa shape index (κ1) is 21.5. The number of nitrogens with one attached hydrogen (secondary N) is 1. The Balaban J connectivity index is 1.66. The van der Waals surface area contributed by atoms with Crippen molar-refractivity contribution in [3.8, 4) is 0 Å². The topological polar surface area (TPSA) is 87.0 Å². The molecule has 1 aromatic carbocycles. The van der Waals surface area contributed by atoms with E-state index in [-0.39, 0.29) is 5.57 Å². The summed E-state index contributed by atoms with van der Waals surface area (Å²) in [5.74, 6) is -1.84. The van der Waals surface area contributed by atoms with Crippen LogP contribution in [0.25, 0.3) is 5.76 Å². The molecule has 1 amide bonds. The van der Waals surface area contributed by atoms with Crippen LogP contribution in [0.1, 0.15) is 23.6 Å². The molecular weight excluding hydrogens is 418 g/mol. The van der Waals surface area contributed by atoms with E-state index < -0.39 is 23.5 Å². The number of hydrogen-bond acceptors (Lipinski definition) is 5. The maximum Gasteiger partial charge on any atom is 0.295 e. The lowest BCUT2D eigenvalue weighted by Gasteiger charge is -2.29. The SMILES string of the molecule is O=C1C(=O)N(CCC[NH+]2CCOCC2)C(c2cccc(Cl)c2)/C1=C(\[O-])c1ccncc1. The third kappa shape index (κ3) is 4.63. The van der Waals surface area contributed by atoms with Gasteiger partial charge in [-0.25, -0.2) is 0 Å². The highest BCUT2D eigenvalue weighted by atomic mass is 35.5. The molecule has 0 spiro atoms. The zero-order valence-corrected chi connectivity index (χ0v) is 17.8. The monoisotopic (exact) mass is 441 g/mol. The van der Waals surface area contributed by atoms with Crippen molar-refractivity contribution in [1.29, 1.82) is 0 Å². The third-order valence-electron chi connectivity index (χ3n) is 5.77. The summed E-state index contributed by atoms with van der Waals surface area (Å²) in [7, 11) is 0. The summed E-state index contributed by atoms with van der Waals surface area (Å²) in [5.41, 5.74) is 0.956. The van der Waals surface area contributed by atoms with Crippen molar-refractivity contribution in [2.75, 3.05) is 39.4 Å². The Bertz CT molecular complexity index is 989. The minimum Gasteiger partial charge on any atom is -0.872 e. The number of likely N-dealkylation sites (tertiary alicyclic amines) is 1. The molecule has 0 radical (unpaired) electrons. The number of quaternary nitrogens is 1. The zero-order chi connectivity index (χ0) is 21.8. The summed E-state index contributed by atoms with van der Waals surface area (Å²) in [6.07, 6.45) is 3.71. The second-order valence-corrected chi connectivity index (χ2v) is 8.17. The Morgan fingerprint density at radius 3 is 2.65 bits per heavy atom. The van der Waals surface area contributed by atoms with Gasteiger partial charge in [-0.2, -0.15) is 0 Å². The van der Waals surface area contributed by atoms with Crippen LogP contribution in [0.4, 0.5) is 0 Å². The van der Waals surface area contributed by atoms with Crippen LogP contribution >= 0.6 is 11.6 Å². The second kappa shape index (κ2) is 9.60. The van der Waals surface area contributed by atoms with Gasteiger partial charge in [0.25, 0.3) is 5.91 Å². The molecule has 1 aromatic heterocycles. The molecule has 0 aliphatic carbocycles. The van der Waals surface area contributed by atoms with Crippen LogP contribution in [-0.4, -0.2) is 61.0 Å². The molecule has 0 saturated carbocycles. The molecule has 2 saturated heterocycles. The van der Waals surface area contributed by atoms with E-state index >= 15 is 0 Å². The van der Waals surface area contributed by atoms with Crippen LogP contribution in [-0.2, 0) is 14.3 Å². The molecule has 2 aromatic rings. The predicted molar refractivity (Wildman–Crippen MR) is 113 cm³/mol. The maximum atomic E-state index is 13.2. The predicted octanol–water partition coefficient (Wildman–Crippen LogP) is 0.264. The lowest BCUT2D eigenvalue weighted by Crippen LogP contribution is -3.14. The van der Waals surface area contributed by atoms with Crippen LogP contribution < -0.4 is 10.0 Å². The van der Waals surface area contributed by atoms with E-state index in [0.29, 0.717) is 22.7 Å². The van der Waals surface area contributed by atoms with Gasteiger partial charge >= 0.3 is 0 Å². The number of rotatable bonds is 6. The van der Waals surface area contributed by atoms with Gasteiger partial charge in [0, 0.05) is 36.0 Å². The number of morpholine rings is 1. The van der Waals surface area contributed by atoms with E-state index in [4.69, 9.17) is 16.3 Å². The highest BCUT2D eigenvalue weighted by molar-refractivity contribution is 6.46. The van der Waals surface area contributed by atoms with Crippen LogP contribution in [0.2, 0.25) is 5.02 Å². The van der Waals surface area contributed by atoms with Gasteiger partial charge in [-0.15, -0.1) is 0 Å². The van der Waals surface area contributed by atoms with Crippen LogP contribution in [0.5, 0.6) is 0 Å². The zero-order valence-electron chi connectivity index (χ0n) is 17.1. The normalized spacial score (nSPS) is 21.6. The van der Waals surface area contributed by atoms with E-state index in [9.17, 15) is 14.7 Å². The van der Waals surface area contributed by atoms with Crippen molar-refractivity contribution in [1.82, 2.24) is 9.88 Å². The van der Waals surface area contributed by atoms with Gasteiger partial charge in [0.2, 0.25) is 5.78 Å². The van der Waals surface area contributed by atoms with Crippen molar-refractivity contribution >= 4 is 29.1 Å². The van der Waals surface area contributed by atoms with E-state index in [2.05, 4.69) is 4.98 Å². The fraction of sp³-hybridized carbons (Fsp3) is 0.348. The maximum absolute atomic E-state index is 13.2. The molecule has 0 bridgehead atoms. The Morgan fingerprint density at radius 2 is 1.94 bits per heavy atom. The first-order valence-electron chi connectivity index (χ1n) is 10.4. The minimum absolute atomic E-state index is 0.0304. The molecule has 7 nitrogen and oxygen atoms in total. The number of ether oxygens (including phenoxy) is 1. The Labute approximate surface area is 185 Å². The minimum atomic E-state index is -0.751. The number of hydrogen-bond donors (Lipinski definition) is 1. The second-order valence-electron chi connectivity index (χ2n) is 7.73. The number of pyridine rings is 1. The molecular formula is C23H24ClN3O4. The first-order valence-corrected chi connectivity index (χ1v) is 10.8. The summed E-state index contributed by atoms with van der Waals surface area (Å²) in [6.45, 7) is 4.60. The van der Waals surface area contributed by atoms with Gasteiger partial charge in [0.05, 0.1) is 25.8 Å². The quantitative estimate of drug-likeness (QED) is 0.395. The van der Waals surface area contributed by atoms with Crippen molar-refractivity contribution < 1.29 is 24.3 Å². The molecule has 2 aliphatic heterocycles. The molecule has 1 N–H and O–H groups in total. The number of carbonyl (C=O) groups is 2. The summed E-state index contributed by atoms with van der Waals surface area (Å²) in [6, 6.07) is 9.33. The Kier molecular flexibility index (Phi) is 6.65. The van der Waals surface area contributed by atoms with Crippen molar-refractivity contribution in [2.45, 2.75) is 12.5 Å². The lowest BCUT2D eigenvalue weighted by atomic mass is 9.95. The number of ketones is 1. The number of halogens is 1. The number of carbonyl (C=O) groups excluding carboxylic acids is 2. The van der Waals surface area contributed by atoms with Crippen LogP contribution in [0, 0.1) is 0 Å². The summed E-state index contributed by atoms with van der Waals surface area (Å²) in [5, 5.41) is 13.7. The van der Waals surface area contributed by atoms with Crippen molar-refractivity contribution in [3.63, 3.8) is 0 Å². The molecule has 2 aliphatic rings. The standard InChI is InChI=1S/C23H24ClN3O4/c24-18-4-1-3-17(15-18)20-19(21(28)16-5-7-25-8-6-16)22(29)23(30)27(20)10-2-9-26-11-13-31-14-12-26/h1,3-8,15,20,28H,2,9-14H2/b21-19+. The van der Waals surface area contributed by atoms with E-state index in [1.165, 1.54) is 22.2 Å². The van der Waals surface area contributed by atoms with Gasteiger partial charge in [-0.1, -0.05) is 29.5 Å². The van der Waals surface area contributed by atoms with E-state index in [1.54, 1.807) is 36.4 Å². The lowest BCUT2D eigenvalue weighted by molar-refractivity contribution is -0.908. The Hall–Kier alpha value is -2.74. The molecule has 8 heteroatoms. The largest absolute Gasteiger partial charge is 0.872 e. The first-order chi connectivity index (χ1) is 15.1. The average Bonchev–Trinajstić information content (AvgIpc) is 3.05. The van der Waals surface area contributed by atoms with Gasteiger partial charge in [-0.05, 0) is 35.4 Å². The fourth-order valence-electron chi connectivity index (χ4n) is 4.19. The van der Waals surface area contributed by atoms with Crippen molar-refractivity contribution in [3.05, 3.63) is 70.5 Å². The van der Waals surface area contributed by atoms with Crippen LogP contribution in [0.15, 0.2) is 54.4 Å². The van der Waals surface area contributed by atoms with Gasteiger partial charge < -0.3 is 19.6 Å². The highest BCUT2D eigenvalue weighted by Crippen LogP contribution is 2.39. The average molecular weight is 442 g/mol. The summed E-state index contributed by atoms with van der Waals surface area (Å²) >= 11 is 6.19.